The molecule has 0 saturated carbocycles. The lowest BCUT2D eigenvalue weighted by molar-refractivity contribution is 0.0697. The van der Waals surface area contributed by atoms with Crippen LogP contribution < -0.4 is 5.56 Å². The van der Waals surface area contributed by atoms with Gasteiger partial charge in [-0.25, -0.2) is 4.79 Å². The highest BCUT2D eigenvalue weighted by Gasteiger charge is 2.23. The summed E-state index contributed by atoms with van der Waals surface area (Å²) >= 11 is 0. The van der Waals surface area contributed by atoms with Gasteiger partial charge in [-0.05, 0) is 12.8 Å². The van der Waals surface area contributed by atoms with Gasteiger partial charge in [0.25, 0.3) is 5.56 Å². The van der Waals surface area contributed by atoms with Gasteiger partial charge in [-0.3, -0.25) is 9.89 Å². The number of aromatic amines is 2. The number of H-pyrrole nitrogens is 2. The third-order valence-corrected chi connectivity index (χ3v) is 2.73. The van der Waals surface area contributed by atoms with E-state index in [0.717, 1.165) is 0 Å². The van der Waals surface area contributed by atoms with Gasteiger partial charge in [0.1, 0.15) is 0 Å². The van der Waals surface area contributed by atoms with Crippen molar-refractivity contribution in [2.24, 2.45) is 0 Å². The Morgan fingerprint density at radius 2 is 2.06 bits per heavy atom. The first-order valence-electron chi connectivity index (χ1n) is 5.27. The van der Waals surface area contributed by atoms with Gasteiger partial charge in [0.2, 0.25) is 0 Å². The summed E-state index contributed by atoms with van der Waals surface area (Å²) in [6.07, 6.45) is 0. The molecule has 0 aliphatic rings. The number of hydrogen-bond donors (Lipinski definition) is 3. The molecule has 2 aromatic rings. The molecule has 2 heterocycles. The molecule has 0 saturated heterocycles. The Hall–Kier alpha value is -2.11. The van der Waals surface area contributed by atoms with Crippen LogP contribution in [0.4, 0.5) is 0 Å². The zero-order valence-corrected chi connectivity index (χ0v) is 9.79. The number of fused-ring (bicyclic) bond motifs is 1. The maximum absolute atomic E-state index is 11.8. The van der Waals surface area contributed by atoms with Crippen LogP contribution in [0.5, 0.6) is 0 Å². The first kappa shape index (κ1) is 11.4. The SMILES string of the molecule is Cc1[nH]nc2[nH]c(=O)c(C(C)C)c(C(=O)O)c12. The molecular weight excluding hydrogens is 222 g/mol. The normalized spacial score (nSPS) is 11.3. The minimum Gasteiger partial charge on any atom is -0.478 e. The molecule has 0 atom stereocenters. The van der Waals surface area contributed by atoms with Gasteiger partial charge in [-0.15, -0.1) is 0 Å². The molecule has 6 heteroatoms. The monoisotopic (exact) mass is 235 g/mol. The zero-order chi connectivity index (χ0) is 12.7. The molecule has 0 aromatic carbocycles. The van der Waals surface area contributed by atoms with Crippen LogP contribution in [0.3, 0.4) is 0 Å². The number of aromatic nitrogens is 3. The number of carboxylic acid groups (broad SMARTS) is 1. The Kier molecular flexibility index (Phi) is 2.49. The number of carbonyl (C=O) groups is 1. The van der Waals surface area contributed by atoms with Crippen LogP contribution in [-0.2, 0) is 0 Å². The summed E-state index contributed by atoms with van der Waals surface area (Å²) in [5, 5.41) is 16.3. The van der Waals surface area contributed by atoms with Gasteiger partial charge in [-0.1, -0.05) is 13.8 Å². The fraction of sp³-hybridized carbons (Fsp3) is 0.364. The Bertz CT molecular complexity index is 652. The molecule has 0 aliphatic heterocycles. The Morgan fingerprint density at radius 3 is 2.59 bits per heavy atom. The van der Waals surface area contributed by atoms with Crippen LogP contribution in [-0.4, -0.2) is 26.3 Å². The van der Waals surface area contributed by atoms with Crippen molar-refractivity contribution >= 4 is 17.0 Å². The van der Waals surface area contributed by atoms with Crippen molar-refractivity contribution in [3.8, 4) is 0 Å². The second-order valence-electron chi connectivity index (χ2n) is 4.27. The molecule has 3 N–H and O–H groups in total. The molecular formula is C11H13N3O3. The number of carboxylic acids is 1. The van der Waals surface area contributed by atoms with Crippen LogP contribution in [0, 0.1) is 6.92 Å². The molecule has 0 bridgehead atoms. The van der Waals surface area contributed by atoms with E-state index in [2.05, 4.69) is 15.2 Å². The van der Waals surface area contributed by atoms with E-state index >= 15 is 0 Å². The maximum Gasteiger partial charge on any atom is 0.337 e. The maximum atomic E-state index is 11.8. The molecule has 0 fully saturated rings. The second-order valence-corrected chi connectivity index (χ2v) is 4.27. The molecule has 17 heavy (non-hydrogen) atoms. The first-order valence-corrected chi connectivity index (χ1v) is 5.27. The van der Waals surface area contributed by atoms with Crippen molar-refractivity contribution in [2.75, 3.05) is 0 Å². The van der Waals surface area contributed by atoms with Crippen molar-refractivity contribution in [2.45, 2.75) is 26.7 Å². The fourth-order valence-electron chi connectivity index (χ4n) is 2.02. The lowest BCUT2D eigenvalue weighted by Gasteiger charge is -2.09. The van der Waals surface area contributed by atoms with Crippen molar-refractivity contribution < 1.29 is 9.90 Å². The Morgan fingerprint density at radius 1 is 1.41 bits per heavy atom. The molecule has 0 spiro atoms. The van der Waals surface area contributed by atoms with Crippen LogP contribution in [0.15, 0.2) is 4.79 Å². The number of pyridine rings is 1. The summed E-state index contributed by atoms with van der Waals surface area (Å²) in [7, 11) is 0. The quantitative estimate of drug-likeness (QED) is 0.732. The van der Waals surface area contributed by atoms with Gasteiger partial charge < -0.3 is 10.1 Å². The van der Waals surface area contributed by atoms with Crippen molar-refractivity contribution in [3.05, 3.63) is 27.2 Å². The number of aryl methyl sites for hydroxylation is 1. The third-order valence-electron chi connectivity index (χ3n) is 2.73. The molecule has 2 aromatic heterocycles. The summed E-state index contributed by atoms with van der Waals surface area (Å²) in [4.78, 5) is 25.8. The zero-order valence-electron chi connectivity index (χ0n) is 9.79. The average molecular weight is 235 g/mol. The van der Waals surface area contributed by atoms with E-state index in [4.69, 9.17) is 0 Å². The van der Waals surface area contributed by atoms with Crippen LogP contribution in [0.2, 0.25) is 0 Å². The minimum absolute atomic E-state index is 0.0463. The summed E-state index contributed by atoms with van der Waals surface area (Å²) in [6, 6.07) is 0. The highest BCUT2D eigenvalue weighted by atomic mass is 16.4. The van der Waals surface area contributed by atoms with E-state index in [0.29, 0.717) is 11.1 Å². The van der Waals surface area contributed by atoms with Crippen LogP contribution >= 0.6 is 0 Å². The number of aromatic carboxylic acids is 1. The number of rotatable bonds is 2. The lowest BCUT2D eigenvalue weighted by Crippen LogP contribution is -2.20. The van der Waals surface area contributed by atoms with Gasteiger partial charge in [0, 0.05) is 11.3 Å². The summed E-state index contributed by atoms with van der Waals surface area (Å²) in [5.74, 6) is -1.27. The minimum atomic E-state index is -1.10. The molecule has 6 nitrogen and oxygen atoms in total. The molecule has 0 unspecified atom stereocenters. The first-order chi connectivity index (χ1) is 7.93. The molecule has 0 radical (unpaired) electrons. The smallest absolute Gasteiger partial charge is 0.337 e. The predicted molar refractivity (Wildman–Crippen MR) is 62.5 cm³/mol. The van der Waals surface area contributed by atoms with Crippen molar-refractivity contribution in [1.82, 2.24) is 15.2 Å². The topological polar surface area (TPSA) is 98.8 Å². The summed E-state index contributed by atoms with van der Waals surface area (Å²) < 4.78 is 0. The number of hydrogen-bond acceptors (Lipinski definition) is 3. The average Bonchev–Trinajstić information content (AvgIpc) is 2.57. The van der Waals surface area contributed by atoms with Gasteiger partial charge >= 0.3 is 5.97 Å². The second kappa shape index (κ2) is 3.73. The summed E-state index contributed by atoms with van der Waals surface area (Å²) in [5.41, 5.74) is 0.862. The fourth-order valence-corrected chi connectivity index (χ4v) is 2.02. The number of nitrogens with one attached hydrogen (secondary N) is 2. The Labute approximate surface area is 96.7 Å². The molecule has 2 rings (SSSR count). The van der Waals surface area contributed by atoms with Crippen molar-refractivity contribution in [3.63, 3.8) is 0 Å². The molecule has 0 aliphatic carbocycles. The van der Waals surface area contributed by atoms with Gasteiger partial charge in [0.05, 0.1) is 10.9 Å². The molecule has 90 valence electrons. The van der Waals surface area contributed by atoms with Crippen molar-refractivity contribution in [1.29, 1.82) is 0 Å². The predicted octanol–water partition coefficient (Wildman–Crippen LogP) is 1.38. The van der Waals surface area contributed by atoms with E-state index in [1.165, 1.54) is 0 Å². The van der Waals surface area contributed by atoms with Crippen LogP contribution in [0.1, 0.15) is 41.4 Å². The van der Waals surface area contributed by atoms with Gasteiger partial charge in [0.15, 0.2) is 5.65 Å². The van der Waals surface area contributed by atoms with E-state index < -0.39 is 11.5 Å². The standard InChI is InChI=1S/C11H13N3O3/c1-4(2)6-8(11(16)17)7-5(3)13-14-9(7)12-10(6)15/h4H,1-3H3,(H,16,17)(H2,12,13,14,15). The summed E-state index contributed by atoms with van der Waals surface area (Å²) in [6.45, 7) is 5.31. The van der Waals surface area contributed by atoms with E-state index in [-0.39, 0.29) is 22.7 Å². The lowest BCUT2D eigenvalue weighted by atomic mass is 9.96. The highest BCUT2D eigenvalue weighted by Crippen LogP contribution is 2.24. The van der Waals surface area contributed by atoms with E-state index in [9.17, 15) is 14.7 Å². The molecule has 0 amide bonds. The number of nitrogens with zero attached hydrogens (tertiary/aromatic N) is 1. The van der Waals surface area contributed by atoms with E-state index in [1.54, 1.807) is 20.8 Å². The van der Waals surface area contributed by atoms with Crippen LogP contribution in [0.25, 0.3) is 11.0 Å². The van der Waals surface area contributed by atoms with Gasteiger partial charge in [-0.2, -0.15) is 5.10 Å². The largest absolute Gasteiger partial charge is 0.478 e. The highest BCUT2D eigenvalue weighted by molar-refractivity contribution is 6.04. The third kappa shape index (κ3) is 1.61. The van der Waals surface area contributed by atoms with E-state index in [1.807, 2.05) is 0 Å². The Balaban J connectivity index is 3.03.